The average Bonchev–Trinajstić information content (AvgIpc) is 2.60. The van der Waals surface area contributed by atoms with Crippen molar-refractivity contribution in [3.05, 3.63) is 35.4 Å². The number of alkyl halides is 2. The predicted octanol–water partition coefficient (Wildman–Crippen LogP) is 3.97. The quantitative estimate of drug-likeness (QED) is 0.536. The van der Waals surface area contributed by atoms with E-state index in [2.05, 4.69) is 6.92 Å². The van der Waals surface area contributed by atoms with Crippen molar-refractivity contribution in [2.75, 3.05) is 26.4 Å². The van der Waals surface area contributed by atoms with Crippen LogP contribution in [-0.4, -0.2) is 40.3 Å². The van der Waals surface area contributed by atoms with E-state index in [0.29, 0.717) is 25.7 Å². The highest BCUT2D eigenvalue weighted by atomic mass is 35.5. The molecule has 7 heteroatoms. The van der Waals surface area contributed by atoms with Gasteiger partial charge in [0.15, 0.2) is 0 Å². The smallest absolute Gasteiger partial charge is 0.396 e. The molecule has 0 saturated carbocycles. The van der Waals surface area contributed by atoms with Crippen molar-refractivity contribution in [1.82, 2.24) is 0 Å². The first-order valence-electron chi connectivity index (χ1n) is 8.34. The molecule has 0 radical (unpaired) electrons. The minimum absolute atomic E-state index is 0.0737. The van der Waals surface area contributed by atoms with Gasteiger partial charge in [-0.1, -0.05) is 38.1 Å². The van der Waals surface area contributed by atoms with Gasteiger partial charge in [-0.25, -0.2) is 0 Å². The molecule has 1 heterocycles. The predicted molar refractivity (Wildman–Crippen MR) is 98.4 cm³/mol. The summed E-state index contributed by atoms with van der Waals surface area (Å²) in [7, 11) is -2.68. The zero-order valence-corrected chi connectivity index (χ0v) is 16.7. The molecule has 0 bridgehead atoms. The largest absolute Gasteiger partial charge is 0.501 e. The Balaban J connectivity index is 1.97. The van der Waals surface area contributed by atoms with Gasteiger partial charge in [-0.15, -0.1) is 23.2 Å². The van der Waals surface area contributed by atoms with Crippen LogP contribution >= 0.6 is 23.2 Å². The molecule has 0 aromatic heterocycles. The molecule has 1 unspecified atom stereocenters. The van der Waals surface area contributed by atoms with E-state index in [4.69, 9.17) is 36.5 Å². The summed E-state index contributed by atoms with van der Waals surface area (Å²) < 4.78 is 18.1. The summed E-state index contributed by atoms with van der Waals surface area (Å²) >= 11 is 11.7. The van der Waals surface area contributed by atoms with Gasteiger partial charge in [-0.2, -0.15) is 0 Å². The summed E-state index contributed by atoms with van der Waals surface area (Å²) in [5.41, 5.74) is 2.06. The minimum atomic E-state index is -2.68. The van der Waals surface area contributed by atoms with Crippen molar-refractivity contribution in [3.63, 3.8) is 0 Å². The van der Waals surface area contributed by atoms with Crippen LogP contribution in [0.15, 0.2) is 24.3 Å². The van der Waals surface area contributed by atoms with Gasteiger partial charge in [-0.3, -0.25) is 0 Å². The van der Waals surface area contributed by atoms with Gasteiger partial charge in [0.1, 0.15) is 4.84 Å². The van der Waals surface area contributed by atoms with Crippen molar-refractivity contribution in [1.29, 1.82) is 0 Å². The SMILES string of the molecule is CC(CO)CO[Si]1(CCc2ccc(C(Cl)Cl)cc2)OCC(C)CO1. The van der Waals surface area contributed by atoms with E-state index in [1.165, 1.54) is 5.56 Å². The van der Waals surface area contributed by atoms with Gasteiger partial charge >= 0.3 is 8.80 Å². The van der Waals surface area contributed by atoms with E-state index in [-0.39, 0.29) is 12.5 Å². The molecule has 2 rings (SSSR count). The fraction of sp³-hybridized carbons (Fsp3) is 0.647. The topological polar surface area (TPSA) is 47.9 Å². The maximum absolute atomic E-state index is 9.20. The van der Waals surface area contributed by atoms with Crippen LogP contribution in [0.25, 0.3) is 0 Å². The first-order chi connectivity index (χ1) is 11.4. The van der Waals surface area contributed by atoms with Gasteiger partial charge in [0.2, 0.25) is 0 Å². The van der Waals surface area contributed by atoms with E-state index in [1.807, 2.05) is 31.2 Å². The Morgan fingerprint density at radius 3 is 2.42 bits per heavy atom. The summed E-state index contributed by atoms with van der Waals surface area (Å²) in [4.78, 5) is -0.505. The monoisotopic (exact) mass is 392 g/mol. The highest BCUT2D eigenvalue weighted by Gasteiger charge is 2.44. The number of aliphatic hydroxyl groups excluding tert-OH is 1. The first-order valence-corrected chi connectivity index (χ1v) is 11.1. The van der Waals surface area contributed by atoms with E-state index in [9.17, 15) is 5.11 Å². The molecule has 1 aliphatic rings. The molecule has 1 atom stereocenters. The highest BCUT2D eigenvalue weighted by Crippen LogP contribution is 2.27. The average molecular weight is 393 g/mol. The van der Waals surface area contributed by atoms with Gasteiger partial charge in [0.05, 0.1) is 0 Å². The lowest BCUT2D eigenvalue weighted by molar-refractivity contribution is -0.0130. The van der Waals surface area contributed by atoms with Crippen LogP contribution in [-0.2, 0) is 19.7 Å². The third-order valence-electron chi connectivity index (χ3n) is 4.03. The molecule has 136 valence electrons. The number of benzene rings is 1. The molecule has 1 aromatic rings. The van der Waals surface area contributed by atoms with Crippen LogP contribution in [0.5, 0.6) is 0 Å². The highest BCUT2D eigenvalue weighted by molar-refractivity contribution is 6.60. The second kappa shape index (κ2) is 9.53. The van der Waals surface area contributed by atoms with Gasteiger partial charge in [0.25, 0.3) is 0 Å². The summed E-state index contributed by atoms with van der Waals surface area (Å²) in [5.74, 6) is 0.456. The normalized spacial score (nSPS) is 25.8. The molecule has 1 N–H and O–H groups in total. The van der Waals surface area contributed by atoms with Crippen molar-refractivity contribution >= 4 is 32.0 Å². The van der Waals surface area contributed by atoms with Crippen LogP contribution < -0.4 is 0 Å². The number of aliphatic hydroxyl groups is 1. The molecule has 4 nitrogen and oxygen atoms in total. The minimum Gasteiger partial charge on any atom is -0.396 e. The van der Waals surface area contributed by atoms with E-state index >= 15 is 0 Å². The van der Waals surface area contributed by atoms with Gasteiger partial charge in [-0.05, 0) is 17.5 Å². The Bertz CT molecular complexity index is 490. The van der Waals surface area contributed by atoms with Crippen molar-refractivity contribution < 1.29 is 18.4 Å². The third-order valence-corrected chi connectivity index (χ3v) is 7.21. The number of hydrogen-bond acceptors (Lipinski definition) is 4. The maximum atomic E-state index is 9.20. The summed E-state index contributed by atoms with van der Waals surface area (Å²) in [5, 5.41) is 9.20. The van der Waals surface area contributed by atoms with Crippen molar-refractivity contribution in [3.8, 4) is 0 Å². The summed E-state index contributed by atoms with van der Waals surface area (Å²) in [6, 6.07) is 8.65. The Kier molecular flexibility index (Phi) is 8.01. The summed E-state index contributed by atoms with van der Waals surface area (Å²) in [6.07, 6.45) is 0.809. The zero-order valence-electron chi connectivity index (χ0n) is 14.2. The van der Waals surface area contributed by atoms with Gasteiger partial charge < -0.3 is 18.4 Å². The second-order valence-electron chi connectivity index (χ2n) is 6.55. The lowest BCUT2D eigenvalue weighted by atomic mass is 10.1. The number of hydrogen-bond donors (Lipinski definition) is 1. The fourth-order valence-corrected chi connectivity index (χ4v) is 5.56. The van der Waals surface area contributed by atoms with E-state index < -0.39 is 13.6 Å². The van der Waals surface area contributed by atoms with Crippen LogP contribution in [0, 0.1) is 11.8 Å². The Morgan fingerprint density at radius 2 is 1.88 bits per heavy atom. The van der Waals surface area contributed by atoms with Crippen LogP contribution in [0.3, 0.4) is 0 Å². The van der Waals surface area contributed by atoms with Crippen LogP contribution in [0.2, 0.25) is 6.04 Å². The van der Waals surface area contributed by atoms with E-state index in [0.717, 1.165) is 18.0 Å². The lowest BCUT2D eigenvalue weighted by Crippen LogP contribution is -2.52. The zero-order chi connectivity index (χ0) is 17.6. The molecule has 0 aliphatic carbocycles. The molecular formula is C17H26Cl2O4Si. The molecule has 1 aliphatic heterocycles. The lowest BCUT2D eigenvalue weighted by Gasteiger charge is -2.36. The van der Waals surface area contributed by atoms with Gasteiger partial charge in [0, 0.05) is 44.3 Å². The maximum Gasteiger partial charge on any atom is 0.501 e. The first kappa shape index (κ1) is 20.2. The Morgan fingerprint density at radius 1 is 1.25 bits per heavy atom. The van der Waals surface area contributed by atoms with Crippen LogP contribution in [0.1, 0.15) is 29.8 Å². The molecule has 1 fully saturated rings. The van der Waals surface area contributed by atoms with Crippen molar-refractivity contribution in [2.24, 2.45) is 11.8 Å². The molecule has 24 heavy (non-hydrogen) atoms. The molecule has 1 aromatic carbocycles. The molecular weight excluding hydrogens is 367 g/mol. The molecule has 1 saturated heterocycles. The standard InChI is InChI=1S/C17H26Cl2O4Si/c1-13(9-20)10-21-24(22-11-14(2)12-23-24)8-7-15-3-5-16(6-4-15)17(18)19/h3-6,13-14,17,20H,7-12H2,1-2H3. The number of aryl methyl sites for hydroxylation is 1. The Labute approximate surface area is 155 Å². The Hall–Kier alpha value is -0.143. The van der Waals surface area contributed by atoms with Crippen molar-refractivity contribution in [2.45, 2.75) is 31.1 Å². The van der Waals surface area contributed by atoms with Crippen LogP contribution in [0.4, 0.5) is 0 Å². The number of halogens is 2. The molecule has 0 spiro atoms. The third kappa shape index (κ3) is 5.99. The summed E-state index contributed by atoms with van der Waals surface area (Å²) in [6.45, 7) is 5.93. The molecule has 0 amide bonds. The number of rotatable bonds is 8. The second-order valence-corrected chi connectivity index (χ2v) is 10.4. The van der Waals surface area contributed by atoms with E-state index in [1.54, 1.807) is 0 Å². The fourth-order valence-electron chi connectivity index (χ4n) is 2.38.